The van der Waals surface area contributed by atoms with Crippen LogP contribution < -0.4 is 10.1 Å². The molecule has 3 N–H and O–H groups in total. The number of ether oxygens (including phenoxy) is 1. The van der Waals surface area contributed by atoms with Gasteiger partial charge in [0.2, 0.25) is 0 Å². The Labute approximate surface area is 183 Å². The van der Waals surface area contributed by atoms with E-state index in [0.29, 0.717) is 0 Å². The average Bonchev–Trinajstić information content (AvgIpc) is 2.76. The van der Waals surface area contributed by atoms with Gasteiger partial charge in [-0.05, 0) is 57.7 Å². The van der Waals surface area contributed by atoms with Crippen molar-refractivity contribution in [1.29, 1.82) is 0 Å². The van der Waals surface area contributed by atoms with E-state index in [1.807, 2.05) is 12.1 Å². The Kier molecular flexibility index (Phi) is 9.83. The van der Waals surface area contributed by atoms with Gasteiger partial charge in [0.1, 0.15) is 5.75 Å². The molecule has 0 aromatic heterocycles. The molecule has 0 radical (unpaired) electrons. The summed E-state index contributed by atoms with van der Waals surface area (Å²) in [5, 5.41) is 20.7. The molecule has 0 fully saturated rings. The highest BCUT2D eigenvalue weighted by molar-refractivity contribution is 9.10. The van der Waals surface area contributed by atoms with E-state index in [1.54, 1.807) is 0 Å². The molecule has 0 aliphatic rings. The monoisotopic (exact) mass is 473 g/mol. The van der Waals surface area contributed by atoms with Crippen LogP contribution in [0.3, 0.4) is 0 Å². The van der Waals surface area contributed by atoms with E-state index < -0.39 is 11.9 Å². The van der Waals surface area contributed by atoms with Crippen LogP contribution in [0.15, 0.2) is 71.2 Å². The first-order valence-electron chi connectivity index (χ1n) is 9.50. The molecule has 158 valence electrons. The molecule has 0 atom stereocenters. The van der Waals surface area contributed by atoms with Crippen molar-refractivity contribution in [2.24, 2.45) is 0 Å². The third-order valence-corrected chi connectivity index (χ3v) is 5.01. The lowest BCUT2D eigenvalue weighted by Crippen LogP contribution is -2.15. The Hall–Kier alpha value is -2.90. The summed E-state index contributed by atoms with van der Waals surface area (Å²) in [6.45, 7) is 2.68. The maximum Gasteiger partial charge on any atom is 0.414 e. The number of carbonyl (C=O) groups is 2. The van der Waals surface area contributed by atoms with Crippen molar-refractivity contribution in [2.45, 2.75) is 19.4 Å². The number of nitrogens with one attached hydrogen (secondary N) is 1. The fourth-order valence-corrected chi connectivity index (χ4v) is 3.30. The normalized spacial score (nSPS) is 10.2. The van der Waals surface area contributed by atoms with Crippen LogP contribution in [0.5, 0.6) is 5.75 Å². The first-order valence-corrected chi connectivity index (χ1v) is 10.3. The zero-order chi connectivity index (χ0) is 21.8. The molecule has 0 aliphatic heterocycles. The molecule has 0 amide bonds. The molecule has 0 saturated carbocycles. The van der Waals surface area contributed by atoms with Gasteiger partial charge in [-0.25, -0.2) is 9.59 Å². The summed E-state index contributed by atoms with van der Waals surface area (Å²) in [6.07, 6.45) is 2.15. The van der Waals surface area contributed by atoms with Crippen LogP contribution in [-0.4, -0.2) is 35.3 Å². The van der Waals surface area contributed by atoms with Crippen molar-refractivity contribution in [3.05, 3.63) is 76.8 Å². The summed E-state index contributed by atoms with van der Waals surface area (Å²) in [7, 11) is 0. The van der Waals surface area contributed by atoms with E-state index >= 15 is 0 Å². The van der Waals surface area contributed by atoms with Crippen LogP contribution in [0.4, 0.5) is 0 Å². The molecular formula is C23H24BrNO5. The number of rotatable bonds is 8. The summed E-state index contributed by atoms with van der Waals surface area (Å²) in [6, 6.07) is 23.0. The highest BCUT2D eigenvalue weighted by atomic mass is 79.9. The summed E-state index contributed by atoms with van der Waals surface area (Å²) in [5.74, 6) is -2.73. The number of carboxylic acids is 2. The van der Waals surface area contributed by atoms with Gasteiger partial charge in [-0.2, -0.15) is 0 Å². The SMILES string of the molecule is Brc1c(OCCCCNCc2ccccc2)ccc2ccccc12.O=C(O)C(=O)O. The molecular weight excluding hydrogens is 450 g/mol. The maximum atomic E-state index is 9.10. The largest absolute Gasteiger partial charge is 0.492 e. The Morgan fingerprint density at radius 3 is 2.23 bits per heavy atom. The molecule has 0 heterocycles. The minimum absolute atomic E-state index is 0.740. The summed E-state index contributed by atoms with van der Waals surface area (Å²) in [5.41, 5.74) is 1.33. The van der Waals surface area contributed by atoms with Crippen molar-refractivity contribution >= 4 is 38.6 Å². The molecule has 3 aromatic rings. The lowest BCUT2D eigenvalue weighted by Gasteiger charge is -2.10. The lowest BCUT2D eigenvalue weighted by atomic mass is 10.1. The van der Waals surface area contributed by atoms with Crippen LogP contribution >= 0.6 is 15.9 Å². The number of hydrogen-bond acceptors (Lipinski definition) is 4. The Balaban J connectivity index is 0.000000469. The Morgan fingerprint density at radius 1 is 0.867 bits per heavy atom. The molecule has 3 rings (SSSR count). The number of unbranched alkanes of at least 4 members (excludes halogenated alkanes) is 1. The smallest absolute Gasteiger partial charge is 0.414 e. The number of halogens is 1. The van der Waals surface area contributed by atoms with Crippen LogP contribution in [0.25, 0.3) is 10.8 Å². The van der Waals surface area contributed by atoms with E-state index in [9.17, 15) is 0 Å². The van der Waals surface area contributed by atoms with Crippen molar-refractivity contribution in [2.75, 3.05) is 13.2 Å². The molecule has 0 spiro atoms. The highest BCUT2D eigenvalue weighted by Gasteiger charge is 2.05. The third kappa shape index (κ3) is 7.85. The second-order valence-corrected chi connectivity index (χ2v) is 7.22. The molecule has 3 aromatic carbocycles. The second-order valence-electron chi connectivity index (χ2n) is 6.43. The quantitative estimate of drug-likeness (QED) is 0.324. The number of carboxylic acid groups (broad SMARTS) is 2. The van der Waals surface area contributed by atoms with Gasteiger partial charge in [-0.1, -0.05) is 60.7 Å². The molecule has 7 heteroatoms. The van der Waals surface area contributed by atoms with Crippen LogP contribution in [0.1, 0.15) is 18.4 Å². The Bertz CT molecular complexity index is 950. The maximum absolute atomic E-state index is 9.10. The number of benzene rings is 3. The van der Waals surface area contributed by atoms with Crippen LogP contribution in [-0.2, 0) is 16.1 Å². The van der Waals surface area contributed by atoms with Crippen molar-refractivity contribution in [3.63, 3.8) is 0 Å². The van der Waals surface area contributed by atoms with Crippen molar-refractivity contribution in [1.82, 2.24) is 5.32 Å². The van der Waals surface area contributed by atoms with E-state index in [-0.39, 0.29) is 0 Å². The van der Waals surface area contributed by atoms with Gasteiger partial charge in [-0.15, -0.1) is 0 Å². The van der Waals surface area contributed by atoms with Crippen LogP contribution in [0, 0.1) is 0 Å². The van der Waals surface area contributed by atoms with Gasteiger partial charge >= 0.3 is 11.9 Å². The fourth-order valence-electron chi connectivity index (χ4n) is 2.69. The van der Waals surface area contributed by atoms with Crippen molar-refractivity contribution in [3.8, 4) is 5.75 Å². The first-order chi connectivity index (χ1) is 14.5. The zero-order valence-electron chi connectivity index (χ0n) is 16.4. The Morgan fingerprint density at radius 2 is 1.53 bits per heavy atom. The zero-order valence-corrected chi connectivity index (χ0v) is 18.0. The van der Waals surface area contributed by atoms with Crippen molar-refractivity contribution < 1.29 is 24.5 Å². The van der Waals surface area contributed by atoms with Gasteiger partial charge < -0.3 is 20.3 Å². The average molecular weight is 474 g/mol. The summed E-state index contributed by atoms with van der Waals surface area (Å²) in [4.78, 5) is 18.2. The molecule has 30 heavy (non-hydrogen) atoms. The van der Waals surface area contributed by atoms with Crippen LogP contribution in [0.2, 0.25) is 0 Å². The van der Waals surface area contributed by atoms with Gasteiger partial charge in [0.25, 0.3) is 0 Å². The van der Waals surface area contributed by atoms with Gasteiger partial charge in [0, 0.05) is 6.54 Å². The number of hydrogen-bond donors (Lipinski definition) is 3. The molecule has 0 unspecified atom stereocenters. The molecule has 0 aliphatic carbocycles. The van der Waals surface area contributed by atoms with Gasteiger partial charge in [0.15, 0.2) is 0 Å². The number of aliphatic carboxylic acids is 2. The number of fused-ring (bicyclic) bond motifs is 1. The minimum atomic E-state index is -1.82. The highest BCUT2D eigenvalue weighted by Crippen LogP contribution is 2.33. The van der Waals surface area contributed by atoms with E-state index in [1.165, 1.54) is 16.3 Å². The molecule has 0 saturated heterocycles. The third-order valence-electron chi connectivity index (χ3n) is 4.19. The fraction of sp³-hybridized carbons (Fsp3) is 0.217. The van der Waals surface area contributed by atoms with E-state index in [2.05, 4.69) is 75.8 Å². The first kappa shape index (κ1) is 23.4. The van der Waals surface area contributed by atoms with E-state index in [4.69, 9.17) is 24.5 Å². The predicted octanol–water partition coefficient (Wildman–Crippen LogP) is 4.71. The molecule has 0 bridgehead atoms. The standard InChI is InChI=1S/C21H22BrNO.C2H2O4/c22-21-19-11-5-4-10-18(19)12-13-20(21)24-15-7-6-14-23-16-17-8-2-1-3-9-17;3-1(4)2(5)6/h1-5,8-13,23H,6-7,14-16H2;(H,3,4)(H,5,6). The molecule has 6 nitrogen and oxygen atoms in total. The van der Waals surface area contributed by atoms with Gasteiger partial charge in [0.05, 0.1) is 11.1 Å². The topological polar surface area (TPSA) is 95.9 Å². The lowest BCUT2D eigenvalue weighted by molar-refractivity contribution is -0.159. The minimum Gasteiger partial charge on any atom is -0.492 e. The summed E-state index contributed by atoms with van der Waals surface area (Å²) >= 11 is 3.66. The second kappa shape index (κ2) is 12.6. The summed E-state index contributed by atoms with van der Waals surface area (Å²) < 4.78 is 6.98. The predicted molar refractivity (Wildman–Crippen MR) is 120 cm³/mol. The van der Waals surface area contributed by atoms with Gasteiger partial charge in [-0.3, -0.25) is 0 Å². The van der Waals surface area contributed by atoms with E-state index in [0.717, 1.165) is 42.8 Å².